The largest absolute Gasteiger partial charge is 0.515 e. The summed E-state index contributed by atoms with van der Waals surface area (Å²) in [6.45, 7) is 9.33. The molecule has 44 heavy (non-hydrogen) atoms. The number of aliphatic imine (C=N–C) groups is 3. The summed E-state index contributed by atoms with van der Waals surface area (Å²) in [7, 11) is 0. The van der Waals surface area contributed by atoms with Gasteiger partial charge in [-0.3, -0.25) is 9.59 Å². The van der Waals surface area contributed by atoms with Gasteiger partial charge in [0.25, 0.3) is 0 Å². The first-order valence-corrected chi connectivity index (χ1v) is 14.2. The maximum absolute atomic E-state index is 12.6. The van der Waals surface area contributed by atoms with Gasteiger partial charge in [0.1, 0.15) is 0 Å². The molecule has 0 aromatic heterocycles. The van der Waals surface area contributed by atoms with Crippen molar-refractivity contribution in [3.8, 4) is 0 Å². The van der Waals surface area contributed by atoms with Crippen LogP contribution in [0.25, 0.3) is 0 Å². The number of nitrogens with zero attached hydrogens (tertiary/aromatic N) is 3. The van der Waals surface area contributed by atoms with Crippen LogP contribution in [-0.4, -0.2) is 55.5 Å². The first-order chi connectivity index (χ1) is 21.0. The highest BCUT2D eigenvalue weighted by atomic mass is 16.4. The second-order valence-corrected chi connectivity index (χ2v) is 10.9. The third-order valence-corrected chi connectivity index (χ3v) is 8.35. The van der Waals surface area contributed by atoms with Gasteiger partial charge >= 0.3 is 17.9 Å². The summed E-state index contributed by atoms with van der Waals surface area (Å²) in [4.78, 5) is 50.7. The van der Waals surface area contributed by atoms with Crippen molar-refractivity contribution >= 4 is 35.0 Å². The minimum atomic E-state index is -1.27. The molecule has 0 amide bonds. The second-order valence-electron chi connectivity index (χ2n) is 10.9. The van der Waals surface area contributed by atoms with Crippen molar-refractivity contribution in [1.29, 1.82) is 0 Å². The van der Waals surface area contributed by atoms with Gasteiger partial charge in [-0.15, -0.1) is 0 Å². The van der Waals surface area contributed by atoms with Gasteiger partial charge in [-0.05, 0) is 55.2 Å². The van der Waals surface area contributed by atoms with Crippen LogP contribution in [0.5, 0.6) is 0 Å². The van der Waals surface area contributed by atoms with Crippen molar-refractivity contribution in [2.45, 2.75) is 46.5 Å². The summed E-state index contributed by atoms with van der Waals surface area (Å²) in [5, 5.41) is 43.3. The molecule has 0 aliphatic carbocycles. The molecule has 0 aromatic carbocycles. The van der Waals surface area contributed by atoms with Crippen LogP contribution in [0.1, 0.15) is 46.5 Å². The smallest absolute Gasteiger partial charge is 0.338 e. The van der Waals surface area contributed by atoms with E-state index < -0.39 is 30.2 Å². The molecule has 226 valence electrons. The summed E-state index contributed by atoms with van der Waals surface area (Å²) >= 11 is 0. The molecule has 11 heteroatoms. The van der Waals surface area contributed by atoms with E-state index in [2.05, 4.69) is 16.9 Å². The topological polar surface area (TPSA) is 181 Å². The molecule has 0 radical (unpaired) electrons. The fourth-order valence-electron chi connectivity index (χ4n) is 6.15. The summed E-state index contributed by atoms with van der Waals surface area (Å²) in [5.74, 6) is -4.21. The number of hydrogen-bond donors (Lipinski definition) is 5. The molecule has 11 nitrogen and oxygen atoms in total. The van der Waals surface area contributed by atoms with Crippen LogP contribution in [0, 0.1) is 11.8 Å². The number of aliphatic hydroxyl groups excluding tert-OH is 1. The summed E-state index contributed by atoms with van der Waals surface area (Å²) in [6.07, 6.45) is 9.65. The maximum atomic E-state index is 12.6. The molecule has 5 heterocycles. The molecule has 2 atom stereocenters. The number of carboxylic acid groups (broad SMARTS) is 3. The van der Waals surface area contributed by atoms with Gasteiger partial charge in [0, 0.05) is 46.4 Å². The first kappa shape index (κ1) is 30.1. The van der Waals surface area contributed by atoms with E-state index in [1.165, 1.54) is 0 Å². The van der Waals surface area contributed by atoms with Crippen LogP contribution in [0.15, 0.2) is 120 Å². The highest BCUT2D eigenvalue weighted by Gasteiger charge is 2.39. The number of carbonyl (C=O) groups is 3. The lowest BCUT2D eigenvalue weighted by molar-refractivity contribution is -0.138. The van der Waals surface area contributed by atoms with Crippen molar-refractivity contribution in [2.75, 3.05) is 0 Å². The van der Waals surface area contributed by atoms with Gasteiger partial charge in [0.15, 0.2) is 0 Å². The number of hydrogen-bond acceptors (Lipinski definition) is 8. The molecule has 0 unspecified atom stereocenters. The van der Waals surface area contributed by atoms with Crippen LogP contribution in [0.4, 0.5) is 0 Å². The molecule has 5 aliphatic rings. The Hall–Kier alpha value is -5.32. The number of nitrogens with one attached hydrogen (secondary N) is 1. The number of aliphatic hydroxyl groups is 1. The van der Waals surface area contributed by atoms with E-state index >= 15 is 0 Å². The third kappa shape index (κ3) is 5.32. The lowest BCUT2D eigenvalue weighted by Gasteiger charge is -2.18. The quantitative estimate of drug-likeness (QED) is 0.240. The van der Waals surface area contributed by atoms with Crippen molar-refractivity contribution in [1.82, 2.24) is 5.32 Å². The zero-order valence-electron chi connectivity index (χ0n) is 24.5. The molecule has 1 saturated heterocycles. The molecule has 1 fully saturated rings. The lowest BCUT2D eigenvalue weighted by atomic mass is 9.84. The standard InChI is InChI=1S/C33H32N4O7/c1-5-17-9-18-10-23-15(3)20(7-8-28(39)40)31(36-23)21(11-29(41)42)32-30(33(43)44)16(4)24(37-32)12-26-19(6-2)22(14-38)27(35-26)13-25(17)34-18/h5,9-10,12-15,20,36,38H,1,6-8,11H2,2-4H3,(H,39,40)(H,41,42)(H,43,44)/b22-14-,23-10?,24-12?,25-13?,31-21?/t15-,20-/m0/s1. The molecule has 5 aliphatic heterocycles. The minimum absolute atomic E-state index is 0.0000184. The van der Waals surface area contributed by atoms with Gasteiger partial charge < -0.3 is 25.7 Å². The highest BCUT2D eigenvalue weighted by molar-refractivity contribution is 6.30. The van der Waals surface area contributed by atoms with Crippen molar-refractivity contribution in [3.63, 3.8) is 0 Å². The fraction of sp³-hybridized carbons (Fsp3) is 0.273. The van der Waals surface area contributed by atoms with E-state index in [1.807, 2.05) is 19.9 Å². The predicted molar refractivity (Wildman–Crippen MR) is 165 cm³/mol. The van der Waals surface area contributed by atoms with Crippen molar-refractivity contribution in [2.24, 2.45) is 26.8 Å². The lowest BCUT2D eigenvalue weighted by Crippen LogP contribution is -2.22. The zero-order valence-corrected chi connectivity index (χ0v) is 24.5. The normalized spacial score (nSPS) is 23.5. The Balaban J connectivity index is 1.86. The van der Waals surface area contributed by atoms with Gasteiger partial charge in [0.2, 0.25) is 0 Å². The van der Waals surface area contributed by atoms with E-state index in [0.29, 0.717) is 63.0 Å². The second kappa shape index (κ2) is 11.8. The SMILES string of the molecule is C=CC1=CC2=NC1=CC1=NC(=C(CC)/C1=C/O)C=C1N=C(C(CC(=O)O)=C3NC(=C2)[C@@H](C)[C@@H]3CCC(=O)O)C(C(=O)O)=C1C. The molecule has 8 bridgehead atoms. The number of aliphatic carboxylic acids is 3. The van der Waals surface area contributed by atoms with E-state index in [4.69, 9.17) is 9.98 Å². The number of carboxylic acids is 3. The monoisotopic (exact) mass is 596 g/mol. The first-order valence-electron chi connectivity index (χ1n) is 14.2. The summed E-state index contributed by atoms with van der Waals surface area (Å²) in [5.41, 5.74) is 5.76. The molecule has 0 saturated carbocycles. The van der Waals surface area contributed by atoms with Gasteiger partial charge in [-0.2, -0.15) is 0 Å². The highest BCUT2D eigenvalue weighted by Crippen LogP contribution is 2.42. The van der Waals surface area contributed by atoms with Gasteiger partial charge in [-0.25, -0.2) is 19.8 Å². The van der Waals surface area contributed by atoms with Crippen LogP contribution < -0.4 is 5.32 Å². The number of allylic oxidation sites excluding steroid dienone is 10. The van der Waals surface area contributed by atoms with Crippen LogP contribution in [-0.2, 0) is 14.4 Å². The van der Waals surface area contributed by atoms with Crippen LogP contribution in [0.2, 0.25) is 0 Å². The Morgan fingerprint density at radius 1 is 1.00 bits per heavy atom. The molecule has 0 spiro atoms. The van der Waals surface area contributed by atoms with E-state index in [0.717, 1.165) is 11.8 Å². The fourth-order valence-corrected chi connectivity index (χ4v) is 6.15. The molecule has 5 N–H and O–H groups in total. The average molecular weight is 597 g/mol. The van der Waals surface area contributed by atoms with Gasteiger partial charge in [-0.1, -0.05) is 26.5 Å². The summed E-state index contributed by atoms with van der Waals surface area (Å²) < 4.78 is 0. The zero-order chi connectivity index (χ0) is 31.9. The Kier molecular flexibility index (Phi) is 8.05. The van der Waals surface area contributed by atoms with Crippen LogP contribution >= 0.6 is 0 Å². The predicted octanol–water partition coefficient (Wildman–Crippen LogP) is 5.08. The van der Waals surface area contributed by atoms with Crippen molar-refractivity contribution < 1.29 is 34.8 Å². The van der Waals surface area contributed by atoms with Crippen LogP contribution in [0.3, 0.4) is 0 Å². The Labute approximate surface area is 253 Å². The number of fused-ring (bicyclic) bond motifs is 5. The molecular weight excluding hydrogens is 564 g/mol. The molecule has 5 rings (SSSR count). The third-order valence-electron chi connectivity index (χ3n) is 8.35. The van der Waals surface area contributed by atoms with E-state index in [1.54, 1.807) is 31.2 Å². The Morgan fingerprint density at radius 3 is 2.36 bits per heavy atom. The van der Waals surface area contributed by atoms with E-state index in [-0.39, 0.29) is 35.6 Å². The summed E-state index contributed by atoms with van der Waals surface area (Å²) in [6, 6.07) is 0. The minimum Gasteiger partial charge on any atom is -0.515 e. The Morgan fingerprint density at radius 2 is 1.75 bits per heavy atom. The average Bonchev–Trinajstić information content (AvgIpc) is 3.68. The maximum Gasteiger partial charge on any atom is 0.338 e. The van der Waals surface area contributed by atoms with Crippen molar-refractivity contribution in [3.05, 3.63) is 105 Å². The van der Waals surface area contributed by atoms with E-state index in [9.17, 15) is 34.8 Å². The number of rotatable bonds is 8. The molecule has 0 aromatic rings. The Bertz CT molecular complexity index is 1770. The van der Waals surface area contributed by atoms with Gasteiger partial charge in [0.05, 0.1) is 52.5 Å². The molecular formula is C33H32N4O7.